The number of ether oxygens (including phenoxy) is 3. The molecule has 62 heavy (non-hydrogen) atoms. The van der Waals surface area contributed by atoms with E-state index in [0.717, 1.165) is 0 Å². The molecule has 0 saturated carbocycles. The Kier molecular flexibility index (Phi) is 13.0. The van der Waals surface area contributed by atoms with Crippen molar-refractivity contribution in [3.05, 3.63) is 65.5 Å². The van der Waals surface area contributed by atoms with Crippen molar-refractivity contribution in [1.29, 1.82) is 0 Å². The van der Waals surface area contributed by atoms with Crippen molar-refractivity contribution >= 4 is 43.1 Å². The summed E-state index contributed by atoms with van der Waals surface area (Å²) < 4.78 is 18.6. The molecule has 0 unspecified atom stereocenters. The normalized spacial score (nSPS) is 34.7. The highest BCUT2D eigenvalue weighted by Crippen LogP contribution is 2.60. The van der Waals surface area contributed by atoms with E-state index in [2.05, 4.69) is 20.9 Å². The SMILES string of the molecule is C[C@H]1[C@H]([Si](C)(C)O)[C@@H](CCn2cc(CCO)nn2)O[C@]12C(=O)N(Cc1ccc(NC(=O)[C@H]3O[C@@H](O)[C@H](O)[C@@H](O)[C@@H]3O)cc1)c1ccc(NC(=O)[C@H]3O[C@@H](O)[C@H](O)[C@@H](O)[C@@H]3O)cc12. The quantitative estimate of drug-likeness (QED) is 0.0794. The van der Waals surface area contributed by atoms with Gasteiger partial charge < -0.3 is 80.5 Å². The number of rotatable bonds is 12. The van der Waals surface area contributed by atoms with Crippen molar-refractivity contribution in [1.82, 2.24) is 15.0 Å². The number of anilines is 3. The van der Waals surface area contributed by atoms with Gasteiger partial charge in [-0.25, -0.2) is 0 Å². The Balaban J connectivity index is 1.18. The average Bonchev–Trinajstić information content (AvgIpc) is 3.88. The fourth-order valence-corrected chi connectivity index (χ4v) is 11.6. The molecular formula is C39H52N6O16Si. The summed E-state index contributed by atoms with van der Waals surface area (Å²) >= 11 is 0. The summed E-state index contributed by atoms with van der Waals surface area (Å²) in [7, 11) is -3.13. The maximum Gasteiger partial charge on any atom is 0.264 e. The topological polar surface area (TPSA) is 339 Å². The molecule has 0 aliphatic carbocycles. The monoisotopic (exact) mass is 888 g/mol. The van der Waals surface area contributed by atoms with E-state index in [4.69, 9.17) is 14.2 Å². The van der Waals surface area contributed by atoms with Crippen LogP contribution in [0.3, 0.4) is 0 Å². The fourth-order valence-electron chi connectivity index (χ4n) is 8.98. The van der Waals surface area contributed by atoms with Crippen LogP contribution >= 0.6 is 0 Å². The Morgan fingerprint density at radius 1 is 0.823 bits per heavy atom. The Bertz CT molecular complexity index is 2120. The number of hydrogen-bond donors (Lipinski definition) is 12. The Labute approximate surface area is 355 Å². The predicted molar refractivity (Wildman–Crippen MR) is 214 cm³/mol. The first-order valence-corrected chi connectivity index (χ1v) is 23.1. The van der Waals surface area contributed by atoms with Crippen LogP contribution in [0.25, 0.3) is 0 Å². The summed E-state index contributed by atoms with van der Waals surface area (Å²) in [6.07, 6.45) is -16.8. The molecule has 22 nitrogen and oxygen atoms in total. The van der Waals surface area contributed by atoms with Crippen molar-refractivity contribution in [3.8, 4) is 0 Å². The van der Waals surface area contributed by atoms with E-state index in [9.17, 15) is 60.3 Å². The lowest BCUT2D eigenvalue weighted by molar-refractivity contribution is -0.274. The van der Waals surface area contributed by atoms with Crippen LogP contribution in [0.5, 0.6) is 0 Å². The van der Waals surface area contributed by atoms with Gasteiger partial charge in [0.2, 0.25) is 0 Å². The molecule has 12 N–H and O–H groups in total. The van der Waals surface area contributed by atoms with Gasteiger partial charge in [0, 0.05) is 54.2 Å². The zero-order valence-electron chi connectivity index (χ0n) is 33.9. The molecule has 4 aliphatic heterocycles. The third-order valence-electron chi connectivity index (χ3n) is 12.1. The van der Waals surface area contributed by atoms with Crippen LogP contribution in [0.15, 0.2) is 48.7 Å². The second-order valence-electron chi connectivity index (χ2n) is 16.7. The summed E-state index contributed by atoms with van der Waals surface area (Å²) in [6.45, 7) is 5.53. The van der Waals surface area contributed by atoms with Gasteiger partial charge in [-0.05, 0) is 55.4 Å². The first-order chi connectivity index (χ1) is 29.3. The molecule has 23 heteroatoms. The Morgan fingerprint density at radius 3 is 1.95 bits per heavy atom. The van der Waals surface area contributed by atoms with Crippen molar-refractivity contribution in [2.45, 2.75) is 125 Å². The zero-order chi connectivity index (χ0) is 45.0. The van der Waals surface area contributed by atoms with Gasteiger partial charge in [-0.15, -0.1) is 5.10 Å². The van der Waals surface area contributed by atoms with E-state index in [0.29, 0.717) is 41.9 Å². The minimum absolute atomic E-state index is 0.0214. The van der Waals surface area contributed by atoms with Crippen LogP contribution in [0.4, 0.5) is 17.1 Å². The molecule has 0 bridgehead atoms. The highest BCUT2D eigenvalue weighted by atomic mass is 28.4. The van der Waals surface area contributed by atoms with E-state index in [1.807, 2.05) is 6.92 Å². The molecule has 2 aromatic carbocycles. The lowest BCUT2D eigenvalue weighted by Crippen LogP contribution is -2.60. The van der Waals surface area contributed by atoms with Crippen molar-refractivity contribution in [3.63, 3.8) is 0 Å². The molecule has 4 aliphatic rings. The van der Waals surface area contributed by atoms with Gasteiger partial charge in [-0.3, -0.25) is 19.1 Å². The number of fused-ring (bicyclic) bond motifs is 2. The van der Waals surface area contributed by atoms with E-state index in [-0.39, 0.29) is 24.5 Å². The van der Waals surface area contributed by atoms with Crippen LogP contribution < -0.4 is 15.5 Å². The van der Waals surface area contributed by atoms with Crippen molar-refractivity contribution < 1.29 is 79.3 Å². The number of nitrogens with one attached hydrogen (secondary N) is 2. The number of carbonyl (C=O) groups is 3. The largest absolute Gasteiger partial charge is 0.432 e. The molecule has 5 heterocycles. The molecule has 3 fully saturated rings. The van der Waals surface area contributed by atoms with Gasteiger partial charge in [0.1, 0.15) is 36.6 Å². The minimum atomic E-state index is -3.13. The second-order valence-corrected chi connectivity index (χ2v) is 20.7. The number of carbonyl (C=O) groups excluding carboxylic acids is 3. The van der Waals surface area contributed by atoms with Crippen LogP contribution in [-0.2, 0) is 53.7 Å². The summed E-state index contributed by atoms with van der Waals surface area (Å²) in [6, 6.07) is 10.9. The molecule has 7 rings (SSSR count). The number of benzene rings is 2. The van der Waals surface area contributed by atoms with Crippen LogP contribution in [0, 0.1) is 5.92 Å². The van der Waals surface area contributed by atoms with Gasteiger partial charge in [0.15, 0.2) is 38.7 Å². The summed E-state index contributed by atoms with van der Waals surface area (Å²) in [4.78, 5) is 54.7. The maximum absolute atomic E-state index is 15.1. The molecule has 3 saturated heterocycles. The van der Waals surface area contributed by atoms with Gasteiger partial charge in [0.25, 0.3) is 17.7 Å². The highest BCUT2D eigenvalue weighted by molar-refractivity contribution is 6.71. The standard InChI is InChI=1S/C39H52N6O16Si/c1-17-33(62(2,3)58)24(10-12-44-16-21(11-13-46)42-43-44)61-39(17)22-14-20(41-35(54)32-28(50)26(48)30(52)37(56)60-32)8-9-23(22)45(38(39)57)15-18-4-6-19(7-5-18)40-34(53)31-27(49)25(47)29(51)36(55)59-31/h4-9,14,16-17,24-33,36-37,46-52,55-56,58H,10-13,15H2,1-3H3,(H,40,53)(H,41,54)/t17-,24+,25-,26-,27-,28-,29+,30+,31-,32-,33-,36+,37+,39+/m0/s1. The van der Waals surface area contributed by atoms with Gasteiger partial charge >= 0.3 is 0 Å². The maximum atomic E-state index is 15.1. The number of amides is 3. The molecular weight excluding hydrogens is 837 g/mol. The Hall–Kier alpha value is -4.31. The van der Waals surface area contributed by atoms with E-state index in [1.165, 1.54) is 29.2 Å². The van der Waals surface area contributed by atoms with Gasteiger partial charge in [0.05, 0.1) is 24.0 Å². The van der Waals surface area contributed by atoms with Crippen LogP contribution in [-0.4, -0.2) is 166 Å². The second kappa shape index (κ2) is 17.7. The van der Waals surface area contributed by atoms with Gasteiger partial charge in [-0.1, -0.05) is 24.3 Å². The molecule has 14 atom stereocenters. The number of aromatic nitrogens is 3. The van der Waals surface area contributed by atoms with Crippen LogP contribution in [0.2, 0.25) is 18.6 Å². The minimum Gasteiger partial charge on any atom is -0.432 e. The van der Waals surface area contributed by atoms with E-state index >= 15 is 4.79 Å². The van der Waals surface area contributed by atoms with Gasteiger partial charge in [-0.2, -0.15) is 0 Å². The smallest absolute Gasteiger partial charge is 0.264 e. The molecule has 3 amide bonds. The fraction of sp³-hybridized carbons (Fsp3) is 0.564. The first kappa shape index (κ1) is 45.7. The van der Waals surface area contributed by atoms with E-state index in [1.54, 1.807) is 42.2 Å². The Morgan fingerprint density at radius 2 is 1.39 bits per heavy atom. The average molecular weight is 889 g/mol. The third-order valence-corrected chi connectivity index (χ3v) is 14.6. The highest BCUT2D eigenvalue weighted by Gasteiger charge is 2.66. The van der Waals surface area contributed by atoms with Crippen LogP contribution in [0.1, 0.15) is 30.2 Å². The molecule has 1 spiro atoms. The van der Waals surface area contributed by atoms with Crippen molar-refractivity contribution in [2.75, 3.05) is 22.1 Å². The lowest BCUT2D eigenvalue weighted by atomic mass is 9.82. The third kappa shape index (κ3) is 8.41. The molecule has 3 aromatic rings. The summed E-state index contributed by atoms with van der Waals surface area (Å²) in [5.74, 6) is -2.97. The van der Waals surface area contributed by atoms with E-state index < -0.39 is 111 Å². The predicted octanol–water partition coefficient (Wildman–Crippen LogP) is -3.28. The number of hydrogen-bond acceptors (Lipinski definition) is 18. The molecule has 0 radical (unpaired) electrons. The number of aliphatic hydroxyl groups is 9. The summed E-state index contributed by atoms with van der Waals surface area (Å²) in [5, 5.41) is 103. The number of aryl methyl sites for hydroxylation is 1. The van der Waals surface area contributed by atoms with Crippen molar-refractivity contribution in [2.24, 2.45) is 5.92 Å². The lowest BCUT2D eigenvalue weighted by Gasteiger charge is -2.37. The first-order valence-electron chi connectivity index (χ1n) is 20.1. The number of aliphatic hydroxyl groups excluding tert-OH is 9. The molecule has 1 aromatic heterocycles. The number of nitrogens with zero attached hydrogens (tertiary/aromatic N) is 4. The summed E-state index contributed by atoms with van der Waals surface area (Å²) in [5.41, 5.74) is 0.103. The zero-order valence-corrected chi connectivity index (χ0v) is 34.9. The molecule has 338 valence electrons.